The van der Waals surface area contributed by atoms with Gasteiger partial charge in [-0.25, -0.2) is 4.98 Å². The fraction of sp³-hybridized carbons (Fsp3) is 0.700. The highest BCUT2D eigenvalue weighted by molar-refractivity contribution is 5.07. The molecule has 0 bridgehead atoms. The maximum Gasteiger partial charge on any atom is 0.114 e. The molecule has 1 aromatic heterocycles. The molecule has 1 aromatic rings. The van der Waals surface area contributed by atoms with E-state index >= 15 is 0 Å². The molecule has 0 amide bonds. The van der Waals surface area contributed by atoms with Gasteiger partial charge < -0.3 is 4.57 Å². The summed E-state index contributed by atoms with van der Waals surface area (Å²) in [4.78, 5) is 4.39. The quantitative estimate of drug-likeness (QED) is 0.674. The minimum atomic E-state index is 0.248. The molecule has 0 aliphatic heterocycles. The van der Waals surface area contributed by atoms with E-state index in [0.29, 0.717) is 0 Å². The van der Waals surface area contributed by atoms with E-state index in [4.69, 9.17) is 0 Å². The van der Waals surface area contributed by atoms with Crippen LogP contribution in [0.1, 0.15) is 39.4 Å². The van der Waals surface area contributed by atoms with Crippen molar-refractivity contribution in [3.63, 3.8) is 0 Å². The number of aromatic nitrogens is 2. The lowest BCUT2D eigenvalue weighted by molar-refractivity contribution is 0.400. The Morgan fingerprint density at radius 1 is 1.42 bits per heavy atom. The van der Waals surface area contributed by atoms with E-state index in [2.05, 4.69) is 37.4 Å². The van der Waals surface area contributed by atoms with Gasteiger partial charge in [0, 0.05) is 24.9 Å². The third kappa shape index (κ3) is 1.38. The summed E-state index contributed by atoms with van der Waals surface area (Å²) in [5.41, 5.74) is 0.248. The summed E-state index contributed by atoms with van der Waals surface area (Å²) in [6.07, 6.45) is 6.18. The zero-order valence-corrected chi connectivity index (χ0v) is 8.46. The molecule has 68 valence electrons. The van der Waals surface area contributed by atoms with Crippen LogP contribution in [0.25, 0.3) is 0 Å². The molecule has 0 atom stereocenters. The molecule has 0 aliphatic carbocycles. The first kappa shape index (κ1) is 9.30. The minimum absolute atomic E-state index is 0.248. The van der Waals surface area contributed by atoms with Gasteiger partial charge in [0.2, 0.25) is 0 Å². The van der Waals surface area contributed by atoms with Crippen molar-refractivity contribution in [2.75, 3.05) is 0 Å². The standard InChI is InChI=1S/C10H18N2/c1-5-10(3,6-2)9-11-7-8-12(9)4/h7-8H,5-6H2,1-4H3. The zero-order valence-electron chi connectivity index (χ0n) is 8.46. The lowest BCUT2D eigenvalue weighted by Gasteiger charge is -2.25. The Bertz CT molecular complexity index is 246. The number of nitrogens with zero attached hydrogens (tertiary/aromatic N) is 2. The molecule has 0 aromatic carbocycles. The Hall–Kier alpha value is -0.790. The topological polar surface area (TPSA) is 17.8 Å². The van der Waals surface area contributed by atoms with Crippen molar-refractivity contribution in [2.45, 2.75) is 39.0 Å². The van der Waals surface area contributed by atoms with Gasteiger partial charge in [0.1, 0.15) is 5.82 Å². The van der Waals surface area contributed by atoms with Gasteiger partial charge in [0.05, 0.1) is 0 Å². The SMILES string of the molecule is CCC(C)(CC)c1nccn1C. The van der Waals surface area contributed by atoms with Crippen LogP contribution in [-0.2, 0) is 12.5 Å². The summed E-state index contributed by atoms with van der Waals surface area (Å²) in [7, 11) is 2.06. The second-order valence-electron chi connectivity index (χ2n) is 3.63. The normalized spacial score (nSPS) is 12.0. The van der Waals surface area contributed by atoms with Gasteiger partial charge in [0.15, 0.2) is 0 Å². The molecule has 0 N–H and O–H groups in total. The molecule has 2 heteroatoms. The average molecular weight is 166 g/mol. The van der Waals surface area contributed by atoms with Crippen molar-refractivity contribution in [3.8, 4) is 0 Å². The minimum Gasteiger partial charge on any atom is -0.338 e. The number of hydrogen-bond donors (Lipinski definition) is 0. The predicted octanol–water partition coefficient (Wildman–Crippen LogP) is 2.50. The zero-order chi connectivity index (χ0) is 9.19. The van der Waals surface area contributed by atoms with E-state index in [1.165, 1.54) is 5.82 Å². The lowest BCUT2D eigenvalue weighted by Crippen LogP contribution is -2.23. The highest BCUT2D eigenvalue weighted by atomic mass is 15.0. The monoisotopic (exact) mass is 166 g/mol. The predicted molar refractivity (Wildman–Crippen MR) is 51.1 cm³/mol. The van der Waals surface area contributed by atoms with Gasteiger partial charge in [-0.3, -0.25) is 0 Å². The van der Waals surface area contributed by atoms with E-state index in [0.717, 1.165) is 12.8 Å². The maximum absolute atomic E-state index is 4.39. The molecular formula is C10H18N2. The molecule has 1 heterocycles. The molecule has 12 heavy (non-hydrogen) atoms. The third-order valence-electron chi connectivity index (χ3n) is 2.92. The number of hydrogen-bond acceptors (Lipinski definition) is 1. The van der Waals surface area contributed by atoms with Crippen LogP contribution in [0.3, 0.4) is 0 Å². The Morgan fingerprint density at radius 3 is 2.33 bits per heavy atom. The van der Waals surface area contributed by atoms with E-state index in [1.807, 2.05) is 12.4 Å². The molecule has 0 aliphatic rings. The Balaban J connectivity index is 3.02. The van der Waals surface area contributed by atoms with E-state index in [-0.39, 0.29) is 5.41 Å². The summed E-state index contributed by atoms with van der Waals surface area (Å²) in [6, 6.07) is 0. The van der Waals surface area contributed by atoms with Crippen LogP contribution in [0.5, 0.6) is 0 Å². The first-order chi connectivity index (χ1) is 5.64. The summed E-state index contributed by atoms with van der Waals surface area (Å²) < 4.78 is 2.12. The van der Waals surface area contributed by atoms with Gasteiger partial charge in [-0.1, -0.05) is 20.8 Å². The number of rotatable bonds is 3. The van der Waals surface area contributed by atoms with Crippen LogP contribution in [0.4, 0.5) is 0 Å². The van der Waals surface area contributed by atoms with Gasteiger partial charge in [0.25, 0.3) is 0 Å². The highest BCUT2D eigenvalue weighted by Crippen LogP contribution is 2.28. The van der Waals surface area contributed by atoms with Crippen LogP contribution in [0.15, 0.2) is 12.4 Å². The van der Waals surface area contributed by atoms with Gasteiger partial charge >= 0.3 is 0 Å². The molecular weight excluding hydrogens is 148 g/mol. The lowest BCUT2D eigenvalue weighted by atomic mass is 9.84. The molecule has 1 rings (SSSR count). The molecule has 0 saturated carbocycles. The van der Waals surface area contributed by atoms with Gasteiger partial charge in [-0.2, -0.15) is 0 Å². The van der Waals surface area contributed by atoms with Crippen molar-refractivity contribution in [2.24, 2.45) is 7.05 Å². The Morgan fingerprint density at radius 2 is 2.00 bits per heavy atom. The van der Waals surface area contributed by atoms with Crippen molar-refractivity contribution < 1.29 is 0 Å². The smallest absolute Gasteiger partial charge is 0.114 e. The van der Waals surface area contributed by atoms with Crippen LogP contribution in [0, 0.1) is 0 Å². The van der Waals surface area contributed by atoms with Crippen LogP contribution >= 0.6 is 0 Å². The molecule has 0 fully saturated rings. The fourth-order valence-electron chi connectivity index (χ4n) is 1.51. The van der Waals surface area contributed by atoms with E-state index < -0.39 is 0 Å². The van der Waals surface area contributed by atoms with Crippen molar-refractivity contribution in [3.05, 3.63) is 18.2 Å². The summed E-state index contributed by atoms with van der Waals surface area (Å²) in [6.45, 7) is 6.71. The number of imidazole rings is 1. The van der Waals surface area contributed by atoms with E-state index in [1.54, 1.807) is 0 Å². The first-order valence-corrected chi connectivity index (χ1v) is 4.62. The summed E-state index contributed by atoms with van der Waals surface area (Å²) in [5, 5.41) is 0. The Kier molecular flexibility index (Phi) is 2.55. The number of aryl methyl sites for hydroxylation is 1. The van der Waals surface area contributed by atoms with Crippen LogP contribution < -0.4 is 0 Å². The molecule has 0 saturated heterocycles. The van der Waals surface area contributed by atoms with Crippen LogP contribution in [0.2, 0.25) is 0 Å². The first-order valence-electron chi connectivity index (χ1n) is 4.62. The second-order valence-corrected chi connectivity index (χ2v) is 3.63. The molecule has 0 spiro atoms. The van der Waals surface area contributed by atoms with Gasteiger partial charge in [-0.05, 0) is 12.8 Å². The third-order valence-corrected chi connectivity index (χ3v) is 2.92. The molecule has 2 nitrogen and oxygen atoms in total. The summed E-state index contributed by atoms with van der Waals surface area (Å²) in [5.74, 6) is 1.20. The van der Waals surface area contributed by atoms with Gasteiger partial charge in [-0.15, -0.1) is 0 Å². The summed E-state index contributed by atoms with van der Waals surface area (Å²) >= 11 is 0. The largest absolute Gasteiger partial charge is 0.338 e. The highest BCUT2D eigenvalue weighted by Gasteiger charge is 2.25. The van der Waals surface area contributed by atoms with E-state index in [9.17, 15) is 0 Å². The van der Waals surface area contributed by atoms with Crippen molar-refractivity contribution in [1.82, 2.24) is 9.55 Å². The van der Waals surface area contributed by atoms with Crippen molar-refractivity contribution in [1.29, 1.82) is 0 Å². The Labute approximate surface area is 74.6 Å². The maximum atomic E-state index is 4.39. The second kappa shape index (κ2) is 3.30. The molecule has 0 unspecified atom stereocenters. The van der Waals surface area contributed by atoms with Crippen molar-refractivity contribution >= 4 is 0 Å². The molecule has 0 radical (unpaired) electrons. The van der Waals surface area contributed by atoms with Crippen LogP contribution in [-0.4, -0.2) is 9.55 Å². The average Bonchev–Trinajstić information content (AvgIpc) is 2.51. The fourth-order valence-corrected chi connectivity index (χ4v) is 1.51.